The fraction of sp³-hybridized carbons (Fsp3) is 0.769. The highest BCUT2D eigenvalue weighted by atomic mass is 32.2. The largest absolute Gasteiger partial charge is 0.329 e. The van der Waals surface area contributed by atoms with E-state index in [1.54, 1.807) is 0 Å². The summed E-state index contributed by atoms with van der Waals surface area (Å²) in [5.74, 6) is 1.17. The van der Waals surface area contributed by atoms with E-state index in [1.807, 2.05) is 31.2 Å². The molecule has 1 N–H and O–H groups in total. The lowest BCUT2D eigenvalue weighted by atomic mass is 10.1. The molecule has 0 saturated carbocycles. The number of hydrogen-bond donors (Lipinski definition) is 1. The van der Waals surface area contributed by atoms with Crippen molar-refractivity contribution in [2.24, 2.45) is 7.05 Å². The van der Waals surface area contributed by atoms with Gasteiger partial charge < -0.3 is 9.88 Å². The van der Waals surface area contributed by atoms with E-state index in [2.05, 4.69) is 28.7 Å². The molecule has 0 radical (unpaired) electrons. The van der Waals surface area contributed by atoms with Crippen molar-refractivity contribution in [3.8, 4) is 0 Å². The molecule has 1 aromatic heterocycles. The standard InChI is InChI=1S/C13H25N3S/c1-4-8-14-12(2)7-5-6-11-17-13-15-9-10-16(13)3/h9-10,12,14H,4-8,11H2,1-3H3. The summed E-state index contributed by atoms with van der Waals surface area (Å²) in [7, 11) is 2.05. The van der Waals surface area contributed by atoms with Gasteiger partial charge in [0.25, 0.3) is 0 Å². The van der Waals surface area contributed by atoms with Gasteiger partial charge >= 0.3 is 0 Å². The zero-order valence-electron chi connectivity index (χ0n) is 11.3. The van der Waals surface area contributed by atoms with Crippen molar-refractivity contribution >= 4 is 11.8 Å². The Balaban J connectivity index is 1.99. The van der Waals surface area contributed by atoms with Crippen LogP contribution in [-0.4, -0.2) is 27.9 Å². The van der Waals surface area contributed by atoms with Gasteiger partial charge in [0, 0.05) is 31.2 Å². The number of imidazole rings is 1. The molecule has 1 unspecified atom stereocenters. The van der Waals surface area contributed by atoms with Crippen LogP contribution < -0.4 is 5.32 Å². The number of rotatable bonds is 9. The van der Waals surface area contributed by atoms with Crippen LogP contribution in [0.25, 0.3) is 0 Å². The maximum atomic E-state index is 4.30. The lowest BCUT2D eigenvalue weighted by molar-refractivity contribution is 0.496. The molecule has 0 aliphatic carbocycles. The van der Waals surface area contributed by atoms with E-state index in [9.17, 15) is 0 Å². The highest BCUT2D eigenvalue weighted by Gasteiger charge is 2.02. The van der Waals surface area contributed by atoms with Gasteiger partial charge in [0.05, 0.1) is 0 Å². The third kappa shape index (κ3) is 6.13. The van der Waals surface area contributed by atoms with Gasteiger partial charge in [0.2, 0.25) is 0 Å². The van der Waals surface area contributed by atoms with Crippen molar-refractivity contribution in [2.45, 2.75) is 50.7 Å². The van der Waals surface area contributed by atoms with Gasteiger partial charge in [-0.05, 0) is 32.7 Å². The first-order valence-corrected chi connectivity index (χ1v) is 7.56. The minimum absolute atomic E-state index is 0.660. The normalized spacial score (nSPS) is 12.9. The molecule has 0 saturated heterocycles. The summed E-state index contributed by atoms with van der Waals surface area (Å²) in [5.41, 5.74) is 0. The highest BCUT2D eigenvalue weighted by Crippen LogP contribution is 2.16. The van der Waals surface area contributed by atoms with Crippen molar-refractivity contribution in [3.63, 3.8) is 0 Å². The smallest absolute Gasteiger partial charge is 0.167 e. The van der Waals surface area contributed by atoms with E-state index in [0.29, 0.717) is 6.04 Å². The third-order valence-corrected chi connectivity index (χ3v) is 3.93. The summed E-state index contributed by atoms with van der Waals surface area (Å²) in [5, 5.41) is 4.65. The number of aromatic nitrogens is 2. The molecule has 17 heavy (non-hydrogen) atoms. The molecular formula is C13H25N3S. The molecule has 0 aliphatic heterocycles. The van der Waals surface area contributed by atoms with Crippen LogP contribution >= 0.6 is 11.8 Å². The van der Waals surface area contributed by atoms with Gasteiger partial charge in [-0.1, -0.05) is 25.1 Å². The van der Waals surface area contributed by atoms with Gasteiger partial charge in [0.1, 0.15) is 0 Å². The average molecular weight is 255 g/mol. The first-order valence-electron chi connectivity index (χ1n) is 6.57. The lowest BCUT2D eigenvalue weighted by Crippen LogP contribution is -2.26. The van der Waals surface area contributed by atoms with Crippen molar-refractivity contribution in [3.05, 3.63) is 12.4 Å². The van der Waals surface area contributed by atoms with Crippen LogP contribution in [0.2, 0.25) is 0 Å². The second kappa shape index (κ2) is 8.59. The van der Waals surface area contributed by atoms with Crippen LogP contribution in [0.4, 0.5) is 0 Å². The molecule has 4 heteroatoms. The first kappa shape index (κ1) is 14.6. The summed E-state index contributed by atoms with van der Waals surface area (Å²) in [4.78, 5) is 4.30. The number of unbranched alkanes of at least 4 members (excludes halogenated alkanes) is 1. The lowest BCUT2D eigenvalue weighted by Gasteiger charge is -2.12. The van der Waals surface area contributed by atoms with E-state index in [1.165, 1.54) is 31.4 Å². The van der Waals surface area contributed by atoms with Crippen molar-refractivity contribution in [2.75, 3.05) is 12.3 Å². The van der Waals surface area contributed by atoms with E-state index in [4.69, 9.17) is 0 Å². The molecular weight excluding hydrogens is 230 g/mol. The Morgan fingerprint density at radius 3 is 2.94 bits per heavy atom. The molecule has 0 amide bonds. The third-order valence-electron chi connectivity index (χ3n) is 2.78. The molecule has 0 spiro atoms. The summed E-state index contributed by atoms with van der Waals surface area (Å²) < 4.78 is 2.08. The van der Waals surface area contributed by atoms with Crippen LogP contribution in [-0.2, 0) is 7.05 Å². The topological polar surface area (TPSA) is 29.9 Å². The summed E-state index contributed by atoms with van der Waals surface area (Å²) in [6.45, 7) is 5.63. The number of nitrogens with one attached hydrogen (secondary N) is 1. The second-order valence-electron chi connectivity index (χ2n) is 4.52. The Morgan fingerprint density at radius 2 is 2.29 bits per heavy atom. The summed E-state index contributed by atoms with van der Waals surface area (Å²) in [6, 6.07) is 0.660. The van der Waals surface area contributed by atoms with Gasteiger partial charge in [0.15, 0.2) is 5.16 Å². The molecule has 1 heterocycles. The maximum Gasteiger partial charge on any atom is 0.167 e. The molecule has 1 rings (SSSR count). The predicted molar refractivity (Wildman–Crippen MR) is 75.5 cm³/mol. The second-order valence-corrected chi connectivity index (χ2v) is 5.58. The molecule has 1 aromatic rings. The Kier molecular flexibility index (Phi) is 7.37. The Bertz CT molecular complexity index is 299. The van der Waals surface area contributed by atoms with E-state index in [0.717, 1.165) is 11.7 Å². The Labute approximate surface area is 109 Å². The van der Waals surface area contributed by atoms with Crippen LogP contribution in [0.5, 0.6) is 0 Å². The van der Waals surface area contributed by atoms with E-state index in [-0.39, 0.29) is 0 Å². The fourth-order valence-electron chi connectivity index (χ4n) is 1.70. The summed E-state index contributed by atoms with van der Waals surface area (Å²) in [6.07, 6.45) is 8.93. The number of thioether (sulfide) groups is 1. The van der Waals surface area contributed by atoms with Crippen molar-refractivity contribution in [1.29, 1.82) is 0 Å². The molecule has 3 nitrogen and oxygen atoms in total. The van der Waals surface area contributed by atoms with E-state index < -0.39 is 0 Å². The molecule has 1 atom stereocenters. The van der Waals surface area contributed by atoms with Gasteiger partial charge in [-0.25, -0.2) is 4.98 Å². The fourth-order valence-corrected chi connectivity index (χ4v) is 2.63. The van der Waals surface area contributed by atoms with Gasteiger partial charge in [-0.2, -0.15) is 0 Å². The monoisotopic (exact) mass is 255 g/mol. The minimum atomic E-state index is 0.660. The van der Waals surface area contributed by atoms with Gasteiger partial charge in [-0.3, -0.25) is 0 Å². The average Bonchev–Trinajstić information content (AvgIpc) is 2.72. The molecule has 98 valence electrons. The zero-order valence-corrected chi connectivity index (χ0v) is 12.1. The van der Waals surface area contributed by atoms with Gasteiger partial charge in [-0.15, -0.1) is 0 Å². The minimum Gasteiger partial charge on any atom is -0.329 e. The number of hydrogen-bond acceptors (Lipinski definition) is 3. The zero-order chi connectivity index (χ0) is 12.5. The summed E-state index contributed by atoms with van der Waals surface area (Å²) >= 11 is 1.85. The van der Waals surface area contributed by atoms with Crippen LogP contribution in [0.15, 0.2) is 17.6 Å². The van der Waals surface area contributed by atoms with Crippen LogP contribution in [0, 0.1) is 0 Å². The molecule has 0 aromatic carbocycles. The molecule has 0 fully saturated rings. The van der Waals surface area contributed by atoms with E-state index >= 15 is 0 Å². The van der Waals surface area contributed by atoms with Crippen LogP contribution in [0.3, 0.4) is 0 Å². The Hall–Kier alpha value is -0.480. The number of aryl methyl sites for hydroxylation is 1. The van der Waals surface area contributed by atoms with Crippen molar-refractivity contribution < 1.29 is 0 Å². The van der Waals surface area contributed by atoms with Crippen molar-refractivity contribution in [1.82, 2.24) is 14.9 Å². The van der Waals surface area contributed by atoms with Crippen LogP contribution in [0.1, 0.15) is 39.5 Å². The quantitative estimate of drug-likeness (QED) is 0.543. The molecule has 0 bridgehead atoms. The number of nitrogens with zero attached hydrogens (tertiary/aromatic N) is 2. The molecule has 0 aliphatic rings. The first-order chi connectivity index (χ1) is 8.24. The maximum absolute atomic E-state index is 4.30. The highest BCUT2D eigenvalue weighted by molar-refractivity contribution is 7.99. The Morgan fingerprint density at radius 1 is 1.47 bits per heavy atom. The predicted octanol–water partition coefficient (Wildman–Crippen LogP) is 3.07. The SMILES string of the molecule is CCCNC(C)CCCCSc1nccn1C.